The molecule has 1 aromatic heterocycles. The molecule has 59 heavy (non-hydrogen) atoms. The van der Waals surface area contributed by atoms with Gasteiger partial charge in [0.05, 0.1) is 11.4 Å². The average Bonchev–Trinajstić information content (AvgIpc) is 3.53. The van der Waals surface area contributed by atoms with Crippen molar-refractivity contribution in [3.05, 3.63) is 217 Å². The molecule has 0 amide bonds. The van der Waals surface area contributed by atoms with Crippen LogP contribution in [-0.2, 0) is 5.41 Å². The van der Waals surface area contributed by atoms with Crippen molar-refractivity contribution in [2.24, 2.45) is 0 Å². The molecule has 0 atom stereocenters. The van der Waals surface area contributed by atoms with Crippen LogP contribution in [0.1, 0.15) is 25.0 Å². The summed E-state index contributed by atoms with van der Waals surface area (Å²) in [5.41, 5.74) is 17.6. The molecule has 0 saturated heterocycles. The fraction of sp³-hybridized carbons (Fsp3) is 0.0526. The largest absolute Gasteiger partial charge is 0.228 e. The molecular formula is C57H40N2. The molecule has 9 aromatic carbocycles. The van der Waals surface area contributed by atoms with E-state index < -0.39 is 0 Å². The van der Waals surface area contributed by atoms with Gasteiger partial charge >= 0.3 is 0 Å². The van der Waals surface area contributed by atoms with Crippen LogP contribution in [0.15, 0.2) is 206 Å². The highest BCUT2D eigenvalue weighted by Crippen LogP contribution is 2.49. The summed E-state index contributed by atoms with van der Waals surface area (Å²) in [6.45, 7) is 4.67. The summed E-state index contributed by atoms with van der Waals surface area (Å²) in [6, 6.07) is 74.4. The number of hydrogen-bond donors (Lipinski definition) is 0. The molecule has 0 bridgehead atoms. The van der Waals surface area contributed by atoms with Crippen LogP contribution in [0.4, 0.5) is 0 Å². The zero-order chi connectivity index (χ0) is 39.5. The van der Waals surface area contributed by atoms with Crippen molar-refractivity contribution in [2.45, 2.75) is 19.3 Å². The fourth-order valence-corrected chi connectivity index (χ4v) is 9.29. The van der Waals surface area contributed by atoms with Crippen LogP contribution < -0.4 is 0 Å². The van der Waals surface area contributed by atoms with Gasteiger partial charge in [0.25, 0.3) is 0 Å². The van der Waals surface area contributed by atoms with Crippen molar-refractivity contribution in [1.82, 2.24) is 9.97 Å². The minimum absolute atomic E-state index is 0.00116. The van der Waals surface area contributed by atoms with Crippen LogP contribution in [0.25, 0.3) is 100.0 Å². The summed E-state index contributed by atoms with van der Waals surface area (Å²) in [4.78, 5) is 10.5. The Balaban J connectivity index is 0.990. The van der Waals surface area contributed by atoms with E-state index >= 15 is 0 Å². The van der Waals surface area contributed by atoms with Gasteiger partial charge in [-0.1, -0.05) is 202 Å². The summed E-state index contributed by atoms with van der Waals surface area (Å²) in [5, 5.41) is 4.81. The Bertz CT molecular complexity index is 3230. The van der Waals surface area contributed by atoms with Gasteiger partial charge in [-0.05, 0) is 95.4 Å². The van der Waals surface area contributed by atoms with Gasteiger partial charge in [0.15, 0.2) is 5.82 Å². The lowest BCUT2D eigenvalue weighted by Gasteiger charge is -2.21. The summed E-state index contributed by atoms with van der Waals surface area (Å²) >= 11 is 0. The highest BCUT2D eigenvalue weighted by Gasteiger charge is 2.35. The first-order valence-corrected chi connectivity index (χ1v) is 20.4. The monoisotopic (exact) mass is 752 g/mol. The molecule has 0 unspecified atom stereocenters. The van der Waals surface area contributed by atoms with Crippen LogP contribution in [0.2, 0.25) is 0 Å². The first kappa shape index (κ1) is 34.8. The third-order valence-electron chi connectivity index (χ3n) is 12.3. The van der Waals surface area contributed by atoms with Gasteiger partial charge in [0.1, 0.15) is 0 Å². The average molecular weight is 753 g/mol. The maximum Gasteiger partial charge on any atom is 0.160 e. The SMILES string of the molecule is CC1(C)c2ccccc2-c2cc(-c3ccc(-c4ccc(-c5cc(-c6cccc(-c7cccc8ccccc78)c6)nc(-c6ccccc6)n5)c5ccccc45)cc3)ccc21. The number of nitrogens with zero attached hydrogens (tertiary/aromatic N) is 2. The quantitative estimate of drug-likeness (QED) is 0.169. The van der Waals surface area contributed by atoms with Gasteiger partial charge in [-0.2, -0.15) is 0 Å². The van der Waals surface area contributed by atoms with Gasteiger partial charge in [-0.3, -0.25) is 0 Å². The Hall–Kier alpha value is -7.42. The van der Waals surface area contributed by atoms with Crippen molar-refractivity contribution < 1.29 is 0 Å². The highest BCUT2D eigenvalue weighted by molar-refractivity contribution is 6.05. The van der Waals surface area contributed by atoms with E-state index in [9.17, 15) is 0 Å². The van der Waals surface area contributed by atoms with Gasteiger partial charge in [0.2, 0.25) is 0 Å². The first-order valence-electron chi connectivity index (χ1n) is 20.4. The molecule has 10 aromatic rings. The molecule has 0 saturated carbocycles. The topological polar surface area (TPSA) is 25.8 Å². The molecule has 278 valence electrons. The number of rotatable bonds is 6. The van der Waals surface area contributed by atoms with E-state index in [2.05, 4.69) is 202 Å². The second kappa shape index (κ2) is 13.9. The predicted molar refractivity (Wildman–Crippen MR) is 247 cm³/mol. The molecule has 1 aliphatic carbocycles. The third kappa shape index (κ3) is 5.96. The van der Waals surface area contributed by atoms with E-state index in [1.54, 1.807) is 0 Å². The molecule has 11 rings (SSSR count). The Labute approximate surface area is 345 Å². The number of fused-ring (bicyclic) bond motifs is 5. The number of aromatic nitrogens is 2. The molecule has 1 aliphatic rings. The van der Waals surface area contributed by atoms with E-state index in [4.69, 9.17) is 9.97 Å². The van der Waals surface area contributed by atoms with Gasteiger partial charge < -0.3 is 0 Å². The van der Waals surface area contributed by atoms with E-state index in [1.807, 2.05) is 18.2 Å². The molecule has 2 nitrogen and oxygen atoms in total. The molecule has 0 aliphatic heterocycles. The van der Waals surface area contributed by atoms with Crippen LogP contribution >= 0.6 is 0 Å². The Morgan fingerprint density at radius 1 is 0.305 bits per heavy atom. The first-order chi connectivity index (χ1) is 29.0. The lowest BCUT2D eigenvalue weighted by atomic mass is 9.82. The molecular weight excluding hydrogens is 713 g/mol. The summed E-state index contributed by atoms with van der Waals surface area (Å²) in [5.74, 6) is 0.705. The normalized spacial score (nSPS) is 12.7. The third-order valence-corrected chi connectivity index (χ3v) is 12.3. The lowest BCUT2D eigenvalue weighted by Crippen LogP contribution is -2.14. The van der Waals surface area contributed by atoms with Gasteiger partial charge in [0, 0.05) is 22.1 Å². The standard InChI is InChI=1S/C57H40N2/c1-57(2)52-25-11-10-23-49(52)51-35-41(30-33-53(51)57)37-26-28-39(29-27-37)46-31-32-50(48-22-9-8-21-47(46)48)55-36-54(58-56(59-55)40-15-4-3-5-16-40)43-19-12-18-42(34-43)45-24-13-17-38-14-6-7-20-44(38)45/h3-36H,1-2H3. The smallest absolute Gasteiger partial charge is 0.160 e. The van der Waals surface area contributed by atoms with Crippen molar-refractivity contribution in [1.29, 1.82) is 0 Å². The number of hydrogen-bond acceptors (Lipinski definition) is 2. The molecule has 0 N–H and O–H groups in total. The van der Waals surface area contributed by atoms with Crippen LogP contribution in [0, 0.1) is 0 Å². The van der Waals surface area contributed by atoms with Crippen LogP contribution in [0.3, 0.4) is 0 Å². The molecule has 2 heteroatoms. The second-order valence-electron chi connectivity index (χ2n) is 16.2. The zero-order valence-corrected chi connectivity index (χ0v) is 33.0. The minimum Gasteiger partial charge on any atom is -0.228 e. The maximum atomic E-state index is 5.26. The Kier molecular flexibility index (Phi) is 8.20. The fourth-order valence-electron chi connectivity index (χ4n) is 9.29. The van der Waals surface area contributed by atoms with Crippen molar-refractivity contribution in [3.63, 3.8) is 0 Å². The highest BCUT2D eigenvalue weighted by atomic mass is 14.9. The van der Waals surface area contributed by atoms with Crippen LogP contribution in [0.5, 0.6) is 0 Å². The molecule has 0 radical (unpaired) electrons. The lowest BCUT2D eigenvalue weighted by molar-refractivity contribution is 0.660. The molecule has 0 fully saturated rings. The zero-order valence-electron chi connectivity index (χ0n) is 33.0. The second-order valence-corrected chi connectivity index (χ2v) is 16.2. The van der Waals surface area contributed by atoms with E-state index in [0.29, 0.717) is 5.82 Å². The van der Waals surface area contributed by atoms with E-state index in [1.165, 1.54) is 66.2 Å². The Morgan fingerprint density at radius 2 is 0.864 bits per heavy atom. The van der Waals surface area contributed by atoms with Crippen molar-refractivity contribution >= 4 is 21.5 Å². The van der Waals surface area contributed by atoms with Crippen molar-refractivity contribution in [3.8, 4) is 78.4 Å². The minimum atomic E-state index is 0.00116. The van der Waals surface area contributed by atoms with Gasteiger partial charge in [-0.25, -0.2) is 9.97 Å². The number of benzene rings is 9. The molecule has 1 heterocycles. The van der Waals surface area contributed by atoms with Crippen LogP contribution in [-0.4, -0.2) is 9.97 Å². The van der Waals surface area contributed by atoms with E-state index in [-0.39, 0.29) is 5.41 Å². The van der Waals surface area contributed by atoms with E-state index in [0.717, 1.165) is 39.0 Å². The maximum absolute atomic E-state index is 5.26. The predicted octanol–water partition coefficient (Wildman–Crippen LogP) is 15.1. The molecule has 0 spiro atoms. The summed E-state index contributed by atoms with van der Waals surface area (Å²) in [7, 11) is 0. The van der Waals surface area contributed by atoms with Crippen molar-refractivity contribution in [2.75, 3.05) is 0 Å². The van der Waals surface area contributed by atoms with Gasteiger partial charge in [-0.15, -0.1) is 0 Å². The summed E-state index contributed by atoms with van der Waals surface area (Å²) < 4.78 is 0. The Morgan fingerprint density at radius 3 is 1.71 bits per heavy atom. The summed E-state index contributed by atoms with van der Waals surface area (Å²) in [6.07, 6.45) is 0.